The molecule has 0 unspecified atom stereocenters. The summed E-state index contributed by atoms with van der Waals surface area (Å²) in [6.45, 7) is 0.246. The number of carbonyl (C=O) groups excluding carboxylic acids is 3. The van der Waals surface area contributed by atoms with E-state index >= 15 is 0 Å². The highest BCUT2D eigenvalue weighted by Gasteiger charge is 2.53. The molecule has 1 spiro atoms. The molecule has 8 N–H and O–H groups in total. The summed E-state index contributed by atoms with van der Waals surface area (Å²) in [5, 5.41) is 25.9. The molecular formula is C31H26N4O7. The van der Waals surface area contributed by atoms with E-state index in [9.17, 15) is 24.6 Å². The molecule has 0 bridgehead atoms. The molecule has 2 amide bonds. The molecule has 4 aromatic carbocycles. The Kier molecular flexibility index (Phi) is 6.43. The number of hydrogen-bond acceptors (Lipinski definition) is 9. The van der Waals surface area contributed by atoms with Gasteiger partial charge in [-0.1, -0.05) is 6.07 Å². The van der Waals surface area contributed by atoms with Crippen molar-refractivity contribution in [1.29, 1.82) is 0 Å². The smallest absolute Gasteiger partial charge is 0.340 e. The largest absolute Gasteiger partial charge is 0.508 e. The molecule has 212 valence electrons. The van der Waals surface area contributed by atoms with Crippen molar-refractivity contribution in [2.45, 2.75) is 12.0 Å². The Morgan fingerprint density at radius 1 is 0.833 bits per heavy atom. The van der Waals surface area contributed by atoms with Crippen LogP contribution in [0.4, 0.5) is 11.4 Å². The van der Waals surface area contributed by atoms with Crippen molar-refractivity contribution in [2.75, 3.05) is 23.7 Å². The minimum Gasteiger partial charge on any atom is -0.508 e. The summed E-state index contributed by atoms with van der Waals surface area (Å²) >= 11 is 0. The molecular weight excluding hydrogens is 540 g/mol. The molecule has 42 heavy (non-hydrogen) atoms. The number of phenols is 2. The number of benzene rings is 4. The Hall–Kier alpha value is -5.55. The lowest BCUT2D eigenvalue weighted by molar-refractivity contribution is -0.114. The molecule has 2 aliphatic rings. The normalized spacial score (nSPS) is 13.8. The van der Waals surface area contributed by atoms with Gasteiger partial charge in [0.05, 0.1) is 12.1 Å². The van der Waals surface area contributed by atoms with Gasteiger partial charge in [-0.2, -0.15) is 0 Å². The minimum absolute atomic E-state index is 0.0388. The van der Waals surface area contributed by atoms with E-state index in [2.05, 4.69) is 10.6 Å². The van der Waals surface area contributed by atoms with Crippen LogP contribution in [-0.2, 0) is 21.6 Å². The van der Waals surface area contributed by atoms with E-state index < -0.39 is 17.5 Å². The van der Waals surface area contributed by atoms with Gasteiger partial charge in [-0.25, -0.2) is 4.79 Å². The fourth-order valence-electron chi connectivity index (χ4n) is 5.48. The van der Waals surface area contributed by atoms with Crippen molar-refractivity contribution in [3.8, 4) is 23.0 Å². The molecule has 0 aliphatic carbocycles. The topological polar surface area (TPSA) is 186 Å². The fraction of sp³-hybridized carbons (Fsp3) is 0.129. The third-order valence-electron chi connectivity index (χ3n) is 7.29. The summed E-state index contributed by atoms with van der Waals surface area (Å²) in [7, 11) is 0. The van der Waals surface area contributed by atoms with Crippen LogP contribution >= 0.6 is 0 Å². The van der Waals surface area contributed by atoms with E-state index in [4.69, 9.17) is 20.9 Å². The van der Waals surface area contributed by atoms with Crippen LogP contribution in [0.15, 0.2) is 72.8 Å². The molecule has 2 aliphatic heterocycles. The van der Waals surface area contributed by atoms with Crippen LogP contribution in [0.5, 0.6) is 23.0 Å². The van der Waals surface area contributed by atoms with Gasteiger partial charge in [0.15, 0.2) is 5.60 Å². The highest BCUT2D eigenvalue weighted by molar-refractivity contribution is 6.00. The van der Waals surface area contributed by atoms with E-state index in [-0.39, 0.29) is 41.0 Å². The number of aromatic hydroxyl groups is 2. The Balaban J connectivity index is 1.27. The van der Waals surface area contributed by atoms with E-state index in [0.717, 1.165) is 0 Å². The van der Waals surface area contributed by atoms with Gasteiger partial charge in [0.2, 0.25) is 11.8 Å². The maximum absolute atomic E-state index is 13.3. The number of nitrogens with one attached hydrogen (secondary N) is 2. The predicted octanol–water partition coefficient (Wildman–Crippen LogP) is 3.32. The van der Waals surface area contributed by atoms with Crippen molar-refractivity contribution in [3.63, 3.8) is 0 Å². The summed E-state index contributed by atoms with van der Waals surface area (Å²) in [6, 6.07) is 18.9. The zero-order valence-corrected chi connectivity index (χ0v) is 22.1. The number of fused-ring (bicyclic) bond motifs is 6. The summed E-state index contributed by atoms with van der Waals surface area (Å²) in [5.74, 6) is -1.06. The van der Waals surface area contributed by atoms with E-state index in [1.807, 2.05) is 0 Å². The van der Waals surface area contributed by atoms with Crippen molar-refractivity contribution >= 4 is 29.2 Å². The second kappa shape index (κ2) is 10.1. The standard InChI is InChI=1S/C31H26N4O7/c32-10-9-16-11-17(1-5-21(16)29(33)39)34-15-28(38)35-18-2-6-23-22(12-18)30(40)42-31(23)24-7-3-19(36)13-26(24)41-27-14-20(37)4-8-25(27)31/h1-8,11-14,34,36-37H,9-10,15,32H2,(H2,33,39)(H,35,38). The highest BCUT2D eigenvalue weighted by Crippen LogP contribution is 2.57. The number of amides is 2. The van der Waals surface area contributed by atoms with Gasteiger partial charge in [0.1, 0.15) is 23.0 Å². The summed E-state index contributed by atoms with van der Waals surface area (Å²) in [4.78, 5) is 37.7. The number of carbonyl (C=O) groups is 3. The first-order valence-electron chi connectivity index (χ1n) is 13.1. The maximum atomic E-state index is 13.3. The second-order valence-electron chi connectivity index (χ2n) is 9.97. The zero-order chi connectivity index (χ0) is 29.6. The first-order chi connectivity index (χ1) is 20.2. The molecule has 0 saturated carbocycles. The SMILES string of the molecule is NCCc1cc(NCC(=O)Nc2ccc3c(c2)C(=O)OC32c3ccc(O)cc3Oc3cc(O)ccc32)ccc1C(N)=O. The van der Waals surface area contributed by atoms with Crippen molar-refractivity contribution in [3.05, 3.63) is 106 Å². The Morgan fingerprint density at radius 3 is 2.12 bits per heavy atom. The number of rotatable bonds is 7. The third kappa shape index (κ3) is 4.41. The maximum Gasteiger partial charge on any atom is 0.340 e. The number of anilines is 2. The number of esters is 1. The number of primary amides is 1. The molecule has 4 aromatic rings. The van der Waals surface area contributed by atoms with Gasteiger partial charge in [-0.15, -0.1) is 0 Å². The molecule has 2 heterocycles. The van der Waals surface area contributed by atoms with Crippen LogP contribution in [0.2, 0.25) is 0 Å². The third-order valence-corrected chi connectivity index (χ3v) is 7.29. The summed E-state index contributed by atoms with van der Waals surface area (Å²) in [6.07, 6.45) is 0.454. The van der Waals surface area contributed by atoms with Gasteiger partial charge in [-0.3, -0.25) is 9.59 Å². The van der Waals surface area contributed by atoms with Crippen LogP contribution in [0, 0.1) is 0 Å². The lowest BCUT2D eigenvalue weighted by Crippen LogP contribution is -2.32. The molecule has 11 nitrogen and oxygen atoms in total. The Bertz CT molecular complexity index is 1730. The molecule has 0 atom stereocenters. The van der Waals surface area contributed by atoms with Crippen LogP contribution in [-0.4, -0.2) is 41.1 Å². The van der Waals surface area contributed by atoms with Crippen LogP contribution < -0.4 is 26.8 Å². The average molecular weight is 567 g/mol. The van der Waals surface area contributed by atoms with Gasteiger partial charge >= 0.3 is 5.97 Å². The highest BCUT2D eigenvalue weighted by atomic mass is 16.6. The number of nitrogens with two attached hydrogens (primary N) is 2. The number of phenolic OH excluding ortho intramolecular Hbond substituents is 2. The van der Waals surface area contributed by atoms with Gasteiger partial charge in [0, 0.05) is 45.8 Å². The lowest BCUT2D eigenvalue weighted by atomic mass is 9.77. The zero-order valence-electron chi connectivity index (χ0n) is 22.1. The first-order valence-corrected chi connectivity index (χ1v) is 13.1. The molecule has 0 saturated heterocycles. The van der Waals surface area contributed by atoms with E-state index in [1.165, 1.54) is 24.3 Å². The molecule has 6 rings (SSSR count). The summed E-state index contributed by atoms with van der Waals surface area (Å²) < 4.78 is 12.0. The minimum atomic E-state index is -1.39. The van der Waals surface area contributed by atoms with E-state index in [1.54, 1.807) is 48.5 Å². The Labute approximate surface area is 239 Å². The van der Waals surface area contributed by atoms with Crippen molar-refractivity contribution < 1.29 is 34.1 Å². The first kappa shape index (κ1) is 26.7. The van der Waals surface area contributed by atoms with E-state index in [0.29, 0.717) is 52.2 Å². The quantitative estimate of drug-likeness (QED) is 0.183. The van der Waals surface area contributed by atoms with Crippen molar-refractivity contribution in [2.24, 2.45) is 11.5 Å². The van der Waals surface area contributed by atoms with Gasteiger partial charge in [-0.05, 0) is 73.1 Å². The van der Waals surface area contributed by atoms with Gasteiger partial charge in [0.25, 0.3) is 0 Å². The lowest BCUT2D eigenvalue weighted by Gasteiger charge is -2.36. The van der Waals surface area contributed by atoms with Crippen LogP contribution in [0.3, 0.4) is 0 Å². The monoisotopic (exact) mass is 566 g/mol. The van der Waals surface area contributed by atoms with Gasteiger partial charge < -0.3 is 41.8 Å². The molecule has 0 aromatic heterocycles. The van der Waals surface area contributed by atoms with Crippen molar-refractivity contribution in [1.82, 2.24) is 0 Å². The molecule has 0 radical (unpaired) electrons. The Morgan fingerprint density at radius 2 is 1.48 bits per heavy atom. The molecule has 0 fully saturated rings. The number of hydrogen-bond donors (Lipinski definition) is 6. The van der Waals surface area contributed by atoms with Crippen LogP contribution in [0.25, 0.3) is 0 Å². The predicted molar refractivity (Wildman–Crippen MR) is 153 cm³/mol. The number of ether oxygens (including phenoxy) is 2. The van der Waals surface area contributed by atoms with Crippen LogP contribution in [0.1, 0.15) is 43.0 Å². The fourth-order valence-corrected chi connectivity index (χ4v) is 5.48. The summed E-state index contributed by atoms with van der Waals surface area (Å²) in [5.41, 5.74) is 13.5. The average Bonchev–Trinajstić information content (AvgIpc) is 3.23. The second-order valence-corrected chi connectivity index (χ2v) is 9.97. The molecule has 11 heteroatoms.